The third-order valence-electron chi connectivity index (χ3n) is 6.72. The normalized spacial score (nSPS) is 35.8. The summed E-state index contributed by atoms with van der Waals surface area (Å²) in [6.07, 6.45) is 7.92. The second-order valence-electron chi connectivity index (χ2n) is 8.36. The Morgan fingerprint density at radius 2 is 1.84 bits per heavy atom. The average molecular weight is 349 g/mol. The van der Waals surface area contributed by atoms with E-state index < -0.39 is 11.6 Å². The molecule has 0 unspecified atom stereocenters. The van der Waals surface area contributed by atoms with Gasteiger partial charge in [-0.05, 0) is 50.4 Å². The van der Waals surface area contributed by atoms with Crippen LogP contribution in [0.3, 0.4) is 0 Å². The third-order valence-corrected chi connectivity index (χ3v) is 6.72. The zero-order valence-electron chi connectivity index (χ0n) is 15.7. The quantitative estimate of drug-likeness (QED) is 0.796. The van der Waals surface area contributed by atoms with Gasteiger partial charge in [0.05, 0.1) is 0 Å². The van der Waals surface area contributed by atoms with Crippen molar-refractivity contribution in [3.05, 3.63) is 0 Å². The minimum atomic E-state index is -0.783. The summed E-state index contributed by atoms with van der Waals surface area (Å²) in [5, 5.41) is 2.92. The highest BCUT2D eigenvalue weighted by Crippen LogP contribution is 2.38. The van der Waals surface area contributed by atoms with E-state index in [0.717, 1.165) is 55.8 Å². The van der Waals surface area contributed by atoms with Gasteiger partial charge in [-0.3, -0.25) is 14.5 Å². The van der Waals surface area contributed by atoms with Crippen LogP contribution in [0.2, 0.25) is 0 Å². The van der Waals surface area contributed by atoms with E-state index in [9.17, 15) is 14.4 Å². The van der Waals surface area contributed by atoms with Crippen LogP contribution in [0.1, 0.15) is 65.2 Å². The zero-order valence-corrected chi connectivity index (χ0v) is 15.7. The van der Waals surface area contributed by atoms with Crippen LogP contribution in [0, 0.1) is 11.8 Å². The van der Waals surface area contributed by atoms with Crippen molar-refractivity contribution in [2.75, 3.05) is 13.6 Å². The molecule has 2 atom stereocenters. The smallest absolute Gasteiger partial charge is 0.325 e. The summed E-state index contributed by atoms with van der Waals surface area (Å²) in [6.45, 7) is 4.13. The van der Waals surface area contributed by atoms with E-state index >= 15 is 0 Å². The molecule has 140 valence electrons. The molecular weight excluding hydrogens is 318 g/mol. The van der Waals surface area contributed by atoms with Crippen LogP contribution in [0.4, 0.5) is 4.79 Å². The van der Waals surface area contributed by atoms with Gasteiger partial charge in [-0.2, -0.15) is 0 Å². The second kappa shape index (κ2) is 6.96. The Morgan fingerprint density at radius 3 is 2.48 bits per heavy atom. The number of amides is 4. The summed E-state index contributed by atoms with van der Waals surface area (Å²) < 4.78 is 0. The Balaban J connectivity index is 1.65. The monoisotopic (exact) mass is 349 g/mol. The van der Waals surface area contributed by atoms with Crippen molar-refractivity contribution in [3.63, 3.8) is 0 Å². The lowest BCUT2D eigenvalue weighted by Crippen LogP contribution is -2.54. The zero-order chi connectivity index (χ0) is 18.2. The predicted octanol–water partition coefficient (Wildman–Crippen LogP) is 2.52. The maximum atomic E-state index is 13.0. The molecule has 1 spiro atoms. The molecule has 25 heavy (non-hydrogen) atoms. The molecule has 4 amide bonds. The van der Waals surface area contributed by atoms with Gasteiger partial charge in [-0.1, -0.05) is 26.7 Å². The first kappa shape index (κ1) is 18.2. The van der Waals surface area contributed by atoms with Crippen molar-refractivity contribution in [1.82, 2.24) is 15.1 Å². The number of nitrogens with one attached hydrogen (secondary N) is 1. The van der Waals surface area contributed by atoms with Gasteiger partial charge in [0.1, 0.15) is 12.1 Å². The lowest BCUT2D eigenvalue weighted by atomic mass is 9.73. The van der Waals surface area contributed by atoms with Gasteiger partial charge in [0.25, 0.3) is 5.91 Å². The van der Waals surface area contributed by atoms with E-state index in [4.69, 9.17) is 0 Å². The van der Waals surface area contributed by atoms with E-state index in [1.54, 1.807) is 11.9 Å². The molecule has 2 saturated carbocycles. The van der Waals surface area contributed by atoms with E-state index in [2.05, 4.69) is 12.2 Å². The van der Waals surface area contributed by atoms with Crippen LogP contribution in [0.25, 0.3) is 0 Å². The fourth-order valence-corrected chi connectivity index (χ4v) is 4.72. The van der Waals surface area contributed by atoms with Gasteiger partial charge in [0.15, 0.2) is 0 Å². The maximum absolute atomic E-state index is 13.0. The van der Waals surface area contributed by atoms with Gasteiger partial charge in [0.2, 0.25) is 5.91 Å². The summed E-state index contributed by atoms with van der Waals surface area (Å²) in [6, 6.07) is -0.176. The Morgan fingerprint density at radius 1 is 1.16 bits per heavy atom. The minimum Gasteiger partial charge on any atom is -0.341 e. The average Bonchev–Trinajstić information content (AvgIpc) is 2.82. The Bertz CT molecular complexity index is 556. The molecule has 1 saturated heterocycles. The van der Waals surface area contributed by atoms with Crippen molar-refractivity contribution in [2.24, 2.45) is 11.8 Å². The maximum Gasteiger partial charge on any atom is 0.325 e. The molecule has 6 nitrogen and oxygen atoms in total. The highest BCUT2D eigenvalue weighted by atomic mass is 16.2. The summed E-state index contributed by atoms with van der Waals surface area (Å²) in [4.78, 5) is 40.9. The summed E-state index contributed by atoms with van der Waals surface area (Å²) >= 11 is 0. The third kappa shape index (κ3) is 3.27. The number of carbonyl (C=O) groups excluding carboxylic acids is 3. The van der Waals surface area contributed by atoms with Crippen molar-refractivity contribution in [2.45, 2.75) is 76.8 Å². The van der Waals surface area contributed by atoms with Gasteiger partial charge < -0.3 is 10.2 Å². The number of nitrogens with zero attached hydrogens (tertiary/aromatic N) is 2. The van der Waals surface area contributed by atoms with Crippen LogP contribution < -0.4 is 5.32 Å². The minimum absolute atomic E-state index is 0.121. The number of rotatable bonds is 3. The molecule has 3 rings (SSSR count). The van der Waals surface area contributed by atoms with Crippen molar-refractivity contribution >= 4 is 17.8 Å². The summed E-state index contributed by atoms with van der Waals surface area (Å²) in [7, 11) is 1.81. The highest BCUT2D eigenvalue weighted by Gasteiger charge is 2.55. The number of imide groups is 1. The molecule has 1 N–H and O–H groups in total. The molecule has 3 aliphatic rings. The molecule has 0 aromatic heterocycles. The number of likely N-dealkylation sites (N-methyl/N-ethyl adjacent to an activating group) is 1. The highest BCUT2D eigenvalue weighted by molar-refractivity contribution is 6.09. The summed E-state index contributed by atoms with van der Waals surface area (Å²) in [5.41, 5.74) is -0.783. The molecule has 0 radical (unpaired) electrons. The first-order valence-electron chi connectivity index (χ1n) is 9.75. The fourth-order valence-electron chi connectivity index (χ4n) is 4.72. The Labute approximate surface area is 150 Å². The molecular formula is C19H31N3O3. The second-order valence-corrected chi connectivity index (χ2v) is 8.36. The molecule has 0 bridgehead atoms. The first-order valence-corrected chi connectivity index (χ1v) is 9.75. The van der Waals surface area contributed by atoms with Crippen molar-refractivity contribution in [3.8, 4) is 0 Å². The van der Waals surface area contributed by atoms with Crippen LogP contribution in [-0.2, 0) is 9.59 Å². The SMILES string of the molecule is CC1CCC(N(C)C(=O)CN2C(=O)N[C@]3(CCCC[C@H]3C)C2=O)CC1. The fraction of sp³-hybridized carbons (Fsp3) is 0.842. The molecule has 0 aromatic rings. The molecule has 1 aliphatic heterocycles. The largest absolute Gasteiger partial charge is 0.341 e. The van der Waals surface area contributed by atoms with E-state index in [-0.39, 0.29) is 30.3 Å². The number of carbonyl (C=O) groups is 3. The molecule has 0 aromatic carbocycles. The lowest BCUT2D eigenvalue weighted by molar-refractivity contribution is -0.141. The Hall–Kier alpha value is -1.59. The molecule has 6 heteroatoms. The topological polar surface area (TPSA) is 69.7 Å². The number of urea groups is 1. The van der Waals surface area contributed by atoms with Crippen LogP contribution in [0.15, 0.2) is 0 Å². The van der Waals surface area contributed by atoms with Gasteiger partial charge in [-0.15, -0.1) is 0 Å². The Kier molecular flexibility index (Phi) is 5.07. The van der Waals surface area contributed by atoms with E-state index in [0.29, 0.717) is 6.42 Å². The van der Waals surface area contributed by atoms with Crippen molar-refractivity contribution < 1.29 is 14.4 Å². The van der Waals surface area contributed by atoms with Crippen molar-refractivity contribution in [1.29, 1.82) is 0 Å². The molecule has 2 aliphatic carbocycles. The van der Waals surface area contributed by atoms with E-state index in [1.165, 1.54) is 0 Å². The summed E-state index contributed by atoms with van der Waals surface area (Å²) in [5.74, 6) is 0.501. The first-order chi connectivity index (χ1) is 11.8. The van der Waals surface area contributed by atoms with Gasteiger partial charge in [-0.25, -0.2) is 4.79 Å². The standard InChI is InChI=1S/C19H31N3O3/c1-13-7-9-15(10-8-13)21(3)16(23)12-22-17(24)19(20-18(22)25)11-5-4-6-14(19)2/h13-15H,4-12H2,1-3H3,(H,20,25)/t13?,14-,15?,19+/m1/s1. The van der Waals surface area contributed by atoms with Gasteiger partial charge >= 0.3 is 6.03 Å². The predicted molar refractivity (Wildman–Crippen MR) is 94.8 cm³/mol. The lowest BCUT2D eigenvalue weighted by Gasteiger charge is -2.37. The van der Waals surface area contributed by atoms with Crippen LogP contribution >= 0.6 is 0 Å². The molecule has 1 heterocycles. The van der Waals surface area contributed by atoms with Gasteiger partial charge in [0, 0.05) is 13.1 Å². The van der Waals surface area contributed by atoms with E-state index in [1.807, 2.05) is 6.92 Å². The number of hydrogen-bond acceptors (Lipinski definition) is 3. The molecule has 3 fully saturated rings. The van der Waals surface area contributed by atoms with Crippen LogP contribution in [-0.4, -0.2) is 52.8 Å². The number of hydrogen-bond donors (Lipinski definition) is 1. The van der Waals surface area contributed by atoms with Crippen LogP contribution in [0.5, 0.6) is 0 Å².